The number of hydrogen-bond donors (Lipinski definition) is 0. The van der Waals surface area contributed by atoms with Crippen LogP contribution in [0.3, 0.4) is 0 Å². The SMILES string of the molecule is CCOC(=O)C(C)(c1ccc([N+](=O)[O-])cc1)c1ccc([N+](=O)[O-])cc1C#N. The molecule has 0 amide bonds. The average molecular weight is 369 g/mol. The van der Waals surface area contributed by atoms with E-state index in [1.165, 1.54) is 43.3 Å². The highest BCUT2D eigenvalue weighted by Gasteiger charge is 2.41. The molecule has 0 bridgehead atoms. The molecule has 0 aliphatic heterocycles. The number of rotatable bonds is 6. The van der Waals surface area contributed by atoms with E-state index in [-0.39, 0.29) is 29.1 Å². The molecule has 9 nitrogen and oxygen atoms in total. The second-order valence-corrected chi connectivity index (χ2v) is 5.75. The van der Waals surface area contributed by atoms with Crippen molar-refractivity contribution < 1.29 is 19.4 Å². The van der Waals surface area contributed by atoms with Crippen LogP contribution in [0.5, 0.6) is 0 Å². The van der Waals surface area contributed by atoms with Crippen molar-refractivity contribution in [2.24, 2.45) is 0 Å². The number of hydrogen-bond acceptors (Lipinski definition) is 7. The van der Waals surface area contributed by atoms with Crippen LogP contribution in [-0.2, 0) is 14.9 Å². The maximum atomic E-state index is 12.8. The number of non-ortho nitro benzene ring substituents is 2. The summed E-state index contributed by atoms with van der Waals surface area (Å²) in [6.45, 7) is 3.21. The van der Waals surface area contributed by atoms with Crippen LogP contribution in [0.2, 0.25) is 0 Å². The zero-order chi connectivity index (χ0) is 20.2. The Balaban J connectivity index is 2.71. The summed E-state index contributed by atoms with van der Waals surface area (Å²) < 4.78 is 5.15. The van der Waals surface area contributed by atoms with E-state index in [0.717, 1.165) is 6.07 Å². The van der Waals surface area contributed by atoms with E-state index >= 15 is 0 Å². The van der Waals surface area contributed by atoms with Gasteiger partial charge in [0.25, 0.3) is 11.4 Å². The number of nitro benzene ring substituents is 2. The van der Waals surface area contributed by atoms with Crippen LogP contribution in [0.1, 0.15) is 30.5 Å². The standard InChI is InChI=1S/C18H15N3O6/c1-3-27-17(22)18(2,13-4-6-14(7-5-13)20(23)24)16-9-8-15(21(25)26)10-12(16)11-19/h4-10H,3H2,1-2H3. The van der Waals surface area contributed by atoms with Gasteiger partial charge in [-0.3, -0.25) is 25.0 Å². The molecule has 1 unspecified atom stereocenters. The third-order valence-corrected chi connectivity index (χ3v) is 4.21. The van der Waals surface area contributed by atoms with Gasteiger partial charge in [0.05, 0.1) is 28.1 Å². The predicted molar refractivity (Wildman–Crippen MR) is 94.0 cm³/mol. The van der Waals surface area contributed by atoms with Gasteiger partial charge in [-0.2, -0.15) is 5.26 Å². The average Bonchev–Trinajstić information content (AvgIpc) is 2.66. The van der Waals surface area contributed by atoms with Crippen molar-refractivity contribution in [2.75, 3.05) is 6.61 Å². The van der Waals surface area contributed by atoms with Gasteiger partial charge >= 0.3 is 5.97 Å². The van der Waals surface area contributed by atoms with E-state index in [0.29, 0.717) is 5.56 Å². The Hall–Kier alpha value is -3.80. The third kappa shape index (κ3) is 3.59. The molecular formula is C18H15N3O6. The van der Waals surface area contributed by atoms with Gasteiger partial charge in [-0.05, 0) is 31.0 Å². The zero-order valence-electron chi connectivity index (χ0n) is 14.5. The first-order valence-electron chi connectivity index (χ1n) is 7.86. The summed E-state index contributed by atoms with van der Waals surface area (Å²) in [5.74, 6) is -0.677. The second kappa shape index (κ2) is 7.61. The van der Waals surface area contributed by atoms with E-state index in [4.69, 9.17) is 4.74 Å². The largest absolute Gasteiger partial charge is 0.465 e. The maximum absolute atomic E-state index is 12.8. The van der Waals surface area contributed by atoms with E-state index in [1.807, 2.05) is 6.07 Å². The minimum Gasteiger partial charge on any atom is -0.465 e. The molecule has 0 heterocycles. The lowest BCUT2D eigenvalue weighted by Gasteiger charge is -2.29. The lowest BCUT2D eigenvalue weighted by atomic mass is 9.74. The molecule has 2 aromatic carbocycles. The predicted octanol–water partition coefficient (Wildman–Crippen LogP) is 3.24. The van der Waals surface area contributed by atoms with Crippen LogP contribution < -0.4 is 0 Å². The van der Waals surface area contributed by atoms with E-state index < -0.39 is 21.2 Å². The number of nitro groups is 2. The van der Waals surface area contributed by atoms with Gasteiger partial charge in [-0.1, -0.05) is 12.1 Å². The van der Waals surface area contributed by atoms with E-state index in [9.17, 15) is 30.3 Å². The summed E-state index contributed by atoms with van der Waals surface area (Å²) in [5.41, 5.74) is -1.41. The van der Waals surface area contributed by atoms with Crippen molar-refractivity contribution >= 4 is 17.3 Å². The van der Waals surface area contributed by atoms with Crippen molar-refractivity contribution in [1.29, 1.82) is 5.26 Å². The fourth-order valence-electron chi connectivity index (χ4n) is 2.75. The molecule has 9 heteroatoms. The van der Waals surface area contributed by atoms with Crippen LogP contribution in [0, 0.1) is 31.6 Å². The Labute approximate surface area is 154 Å². The Morgan fingerprint density at radius 1 is 1.11 bits per heavy atom. The van der Waals surface area contributed by atoms with Gasteiger partial charge in [0.1, 0.15) is 5.41 Å². The molecule has 0 fully saturated rings. The molecule has 2 aromatic rings. The van der Waals surface area contributed by atoms with E-state index in [2.05, 4.69) is 0 Å². The van der Waals surface area contributed by atoms with Gasteiger partial charge in [0.15, 0.2) is 0 Å². The van der Waals surface area contributed by atoms with Crippen molar-refractivity contribution in [3.63, 3.8) is 0 Å². The molecule has 0 N–H and O–H groups in total. The summed E-state index contributed by atoms with van der Waals surface area (Å²) in [7, 11) is 0. The minimum absolute atomic E-state index is 0.0573. The van der Waals surface area contributed by atoms with Crippen molar-refractivity contribution in [3.8, 4) is 6.07 Å². The number of esters is 1. The Morgan fingerprint density at radius 3 is 2.15 bits per heavy atom. The summed E-state index contributed by atoms with van der Waals surface area (Å²) in [5, 5.41) is 31.3. The quantitative estimate of drug-likeness (QED) is 0.433. The molecule has 0 aromatic heterocycles. The first-order valence-corrected chi connectivity index (χ1v) is 7.86. The smallest absolute Gasteiger partial charge is 0.320 e. The highest BCUT2D eigenvalue weighted by Crippen LogP contribution is 2.37. The third-order valence-electron chi connectivity index (χ3n) is 4.21. The molecule has 0 radical (unpaired) electrons. The Morgan fingerprint density at radius 2 is 1.67 bits per heavy atom. The van der Waals surface area contributed by atoms with Crippen LogP contribution in [0.15, 0.2) is 42.5 Å². The fraction of sp³-hybridized carbons (Fsp3) is 0.222. The number of nitrogens with zero attached hydrogens (tertiary/aromatic N) is 3. The molecular weight excluding hydrogens is 354 g/mol. The molecule has 138 valence electrons. The van der Waals surface area contributed by atoms with Gasteiger partial charge in [-0.25, -0.2) is 0 Å². The zero-order valence-corrected chi connectivity index (χ0v) is 14.5. The lowest BCUT2D eigenvalue weighted by molar-refractivity contribution is -0.385. The van der Waals surface area contributed by atoms with Gasteiger partial charge in [0.2, 0.25) is 0 Å². The number of ether oxygens (including phenoxy) is 1. The highest BCUT2D eigenvalue weighted by molar-refractivity contribution is 5.88. The Kier molecular flexibility index (Phi) is 5.51. The summed E-state index contributed by atoms with van der Waals surface area (Å²) >= 11 is 0. The summed E-state index contributed by atoms with van der Waals surface area (Å²) in [6.07, 6.45) is 0. The highest BCUT2D eigenvalue weighted by atomic mass is 16.6. The van der Waals surface area contributed by atoms with Crippen LogP contribution in [-0.4, -0.2) is 22.4 Å². The number of benzene rings is 2. The van der Waals surface area contributed by atoms with Crippen molar-refractivity contribution in [2.45, 2.75) is 19.3 Å². The van der Waals surface area contributed by atoms with Gasteiger partial charge < -0.3 is 4.74 Å². The summed E-state index contributed by atoms with van der Waals surface area (Å²) in [4.78, 5) is 33.4. The second-order valence-electron chi connectivity index (χ2n) is 5.75. The minimum atomic E-state index is -1.48. The number of nitriles is 1. The molecule has 0 aliphatic rings. The molecule has 0 saturated carbocycles. The number of carbonyl (C=O) groups excluding carboxylic acids is 1. The molecule has 0 spiro atoms. The van der Waals surface area contributed by atoms with Gasteiger partial charge in [-0.15, -0.1) is 0 Å². The monoisotopic (exact) mass is 369 g/mol. The first kappa shape index (κ1) is 19.5. The Bertz CT molecular complexity index is 949. The molecule has 1 atom stereocenters. The molecule has 2 rings (SSSR count). The van der Waals surface area contributed by atoms with Gasteiger partial charge in [0, 0.05) is 24.3 Å². The topological polar surface area (TPSA) is 136 Å². The van der Waals surface area contributed by atoms with Crippen molar-refractivity contribution in [1.82, 2.24) is 0 Å². The first-order chi connectivity index (χ1) is 12.7. The van der Waals surface area contributed by atoms with Crippen molar-refractivity contribution in [3.05, 3.63) is 79.4 Å². The lowest BCUT2D eigenvalue weighted by Crippen LogP contribution is -2.36. The fourth-order valence-corrected chi connectivity index (χ4v) is 2.75. The maximum Gasteiger partial charge on any atom is 0.320 e. The molecule has 0 saturated heterocycles. The summed E-state index contributed by atoms with van der Waals surface area (Å²) in [6, 6.07) is 10.8. The normalized spacial score (nSPS) is 12.5. The van der Waals surface area contributed by atoms with Crippen LogP contribution in [0.25, 0.3) is 0 Å². The number of carbonyl (C=O) groups is 1. The van der Waals surface area contributed by atoms with E-state index in [1.54, 1.807) is 6.92 Å². The molecule has 0 aliphatic carbocycles. The van der Waals surface area contributed by atoms with Crippen LogP contribution >= 0.6 is 0 Å². The van der Waals surface area contributed by atoms with Crippen LogP contribution in [0.4, 0.5) is 11.4 Å². The molecule has 27 heavy (non-hydrogen) atoms.